The van der Waals surface area contributed by atoms with Crippen LogP contribution in [0.4, 0.5) is 4.79 Å². The van der Waals surface area contributed by atoms with Crippen molar-refractivity contribution >= 4 is 6.03 Å². The molecule has 1 aromatic rings. The minimum absolute atomic E-state index is 0.0400. The summed E-state index contributed by atoms with van der Waals surface area (Å²) in [4.78, 5) is 14.8. The molecule has 4 rings (SSSR count). The van der Waals surface area contributed by atoms with Crippen molar-refractivity contribution < 1.29 is 9.53 Å². The smallest absolute Gasteiger partial charge is 0.317 e. The van der Waals surface area contributed by atoms with Crippen LogP contribution < -0.4 is 5.32 Å². The molecule has 1 saturated heterocycles. The molecule has 7 heteroatoms. The van der Waals surface area contributed by atoms with Gasteiger partial charge in [-0.15, -0.1) is 11.7 Å². The monoisotopic (exact) mass is 359 g/mol. The average Bonchev–Trinajstić information content (AvgIpc) is 3.27. The molecule has 2 bridgehead atoms. The van der Waals surface area contributed by atoms with Crippen LogP contribution >= 0.6 is 0 Å². The first-order valence-electron chi connectivity index (χ1n) is 9.62. The molecule has 1 aromatic heterocycles. The van der Waals surface area contributed by atoms with E-state index in [9.17, 15) is 4.79 Å². The predicted octanol–water partition coefficient (Wildman–Crippen LogP) is 2.34. The van der Waals surface area contributed by atoms with E-state index in [4.69, 9.17) is 4.74 Å². The first kappa shape index (κ1) is 17.5. The number of carbonyl (C=O) groups is 1. The molecule has 2 saturated carbocycles. The standard InChI is InChI=1S/C19H29N5O2/c1-4-7-24-11-16(21-22-24)10-20-17(25)23-12-18(2,3)26-19(13-23)9-14-5-6-15(19)8-14/h4,11,14-15H,1,5-10,12-13H2,2-3H3,(H,20,25)/t14-,15+,19+/m1/s1. The van der Waals surface area contributed by atoms with Gasteiger partial charge in [0, 0.05) is 0 Å². The number of rotatable bonds is 4. The molecule has 3 atom stereocenters. The van der Waals surface area contributed by atoms with Gasteiger partial charge in [0.25, 0.3) is 0 Å². The van der Waals surface area contributed by atoms with E-state index in [1.165, 1.54) is 19.3 Å². The molecule has 0 unspecified atom stereocenters. The number of nitrogens with one attached hydrogen (secondary N) is 1. The molecule has 2 heterocycles. The highest BCUT2D eigenvalue weighted by Gasteiger charge is 2.57. The van der Waals surface area contributed by atoms with Crippen molar-refractivity contribution in [1.29, 1.82) is 0 Å². The summed E-state index contributed by atoms with van der Waals surface area (Å²) >= 11 is 0. The molecule has 1 N–H and O–H groups in total. The third-order valence-electron chi connectivity index (χ3n) is 6.04. The zero-order chi connectivity index (χ0) is 18.4. The number of nitrogens with zero attached hydrogens (tertiary/aromatic N) is 4. The lowest BCUT2D eigenvalue weighted by Crippen LogP contribution is -2.64. The van der Waals surface area contributed by atoms with Crippen molar-refractivity contribution in [3.05, 3.63) is 24.5 Å². The van der Waals surface area contributed by atoms with Gasteiger partial charge in [0.1, 0.15) is 5.69 Å². The number of morpholine rings is 1. The van der Waals surface area contributed by atoms with Gasteiger partial charge in [0.2, 0.25) is 0 Å². The minimum atomic E-state index is -0.312. The number of amides is 2. The number of fused-ring (bicyclic) bond motifs is 3. The summed E-state index contributed by atoms with van der Waals surface area (Å²) < 4.78 is 8.28. The van der Waals surface area contributed by atoms with Crippen LogP contribution in [0.5, 0.6) is 0 Å². The molecule has 26 heavy (non-hydrogen) atoms. The fourth-order valence-electron chi connectivity index (χ4n) is 5.23. The normalized spacial score (nSPS) is 32.2. The predicted molar refractivity (Wildman–Crippen MR) is 97.4 cm³/mol. The van der Waals surface area contributed by atoms with Crippen LogP contribution in [-0.2, 0) is 17.8 Å². The Kier molecular flexibility index (Phi) is 4.29. The van der Waals surface area contributed by atoms with E-state index in [0.29, 0.717) is 32.1 Å². The summed E-state index contributed by atoms with van der Waals surface area (Å²) in [7, 11) is 0. The van der Waals surface area contributed by atoms with Crippen molar-refractivity contribution in [3.8, 4) is 0 Å². The Labute approximate surface area is 154 Å². The Morgan fingerprint density at radius 2 is 2.31 bits per heavy atom. The topological polar surface area (TPSA) is 72.3 Å². The Morgan fingerprint density at radius 1 is 1.46 bits per heavy atom. The minimum Gasteiger partial charge on any atom is -0.365 e. The molecule has 1 aliphatic heterocycles. The van der Waals surface area contributed by atoms with Crippen LogP contribution in [0.25, 0.3) is 0 Å². The molecule has 2 aliphatic carbocycles. The van der Waals surface area contributed by atoms with E-state index in [0.717, 1.165) is 18.0 Å². The van der Waals surface area contributed by atoms with Gasteiger partial charge >= 0.3 is 6.03 Å². The Morgan fingerprint density at radius 3 is 3.00 bits per heavy atom. The summed E-state index contributed by atoms with van der Waals surface area (Å²) in [5.74, 6) is 1.37. The van der Waals surface area contributed by atoms with E-state index in [-0.39, 0.29) is 17.2 Å². The summed E-state index contributed by atoms with van der Waals surface area (Å²) in [5, 5.41) is 11.1. The molecule has 7 nitrogen and oxygen atoms in total. The molecule has 3 aliphatic rings. The van der Waals surface area contributed by atoms with Crippen LogP contribution in [-0.4, -0.2) is 50.2 Å². The first-order chi connectivity index (χ1) is 12.4. The highest BCUT2D eigenvalue weighted by Crippen LogP contribution is 2.55. The highest BCUT2D eigenvalue weighted by molar-refractivity contribution is 5.74. The maximum absolute atomic E-state index is 12.8. The molecule has 2 amide bonds. The Hall–Kier alpha value is -1.89. The molecule has 3 fully saturated rings. The van der Waals surface area contributed by atoms with Crippen molar-refractivity contribution in [2.45, 2.75) is 63.8 Å². The second kappa shape index (κ2) is 6.37. The summed E-state index contributed by atoms with van der Waals surface area (Å²) in [5.41, 5.74) is 0.296. The number of carbonyl (C=O) groups excluding carboxylic acids is 1. The number of hydrogen-bond acceptors (Lipinski definition) is 4. The van der Waals surface area contributed by atoms with Gasteiger partial charge in [0.05, 0.1) is 43.6 Å². The number of urea groups is 1. The number of hydrogen-bond donors (Lipinski definition) is 1. The van der Waals surface area contributed by atoms with Crippen LogP contribution in [0, 0.1) is 11.8 Å². The lowest BCUT2D eigenvalue weighted by Gasteiger charge is -2.52. The van der Waals surface area contributed by atoms with Crippen LogP contribution in [0.1, 0.15) is 45.2 Å². The zero-order valence-electron chi connectivity index (χ0n) is 15.8. The van der Waals surface area contributed by atoms with Gasteiger partial charge in [-0.1, -0.05) is 11.3 Å². The third kappa shape index (κ3) is 3.24. The average molecular weight is 359 g/mol. The SMILES string of the molecule is C=CCn1cc(CNC(=O)N2CC(C)(C)O[C@@]3(C[C@@H]4CC[C@H]3C4)C2)nn1. The van der Waals surface area contributed by atoms with Gasteiger partial charge in [-0.3, -0.25) is 0 Å². The van der Waals surface area contributed by atoms with E-state index < -0.39 is 0 Å². The summed E-state index contributed by atoms with van der Waals surface area (Å²) in [6, 6.07) is -0.0400. The second-order valence-electron chi connectivity index (χ2n) is 8.74. The molecule has 142 valence electrons. The van der Waals surface area contributed by atoms with E-state index >= 15 is 0 Å². The molecular formula is C19H29N5O2. The van der Waals surface area contributed by atoms with Crippen LogP contribution in [0.15, 0.2) is 18.9 Å². The fraction of sp³-hybridized carbons (Fsp3) is 0.737. The number of aromatic nitrogens is 3. The van der Waals surface area contributed by atoms with E-state index in [1.54, 1.807) is 10.8 Å². The van der Waals surface area contributed by atoms with Gasteiger partial charge in [-0.25, -0.2) is 9.48 Å². The van der Waals surface area contributed by atoms with Gasteiger partial charge < -0.3 is 15.0 Å². The van der Waals surface area contributed by atoms with E-state index in [1.807, 2.05) is 11.1 Å². The zero-order valence-corrected chi connectivity index (χ0v) is 15.8. The van der Waals surface area contributed by atoms with Gasteiger partial charge in [-0.2, -0.15) is 0 Å². The molecule has 0 aromatic carbocycles. The lowest BCUT2D eigenvalue weighted by atomic mass is 9.81. The van der Waals surface area contributed by atoms with Crippen LogP contribution in [0.3, 0.4) is 0 Å². The molecule has 1 spiro atoms. The van der Waals surface area contributed by atoms with E-state index in [2.05, 4.69) is 36.1 Å². The fourth-order valence-corrected chi connectivity index (χ4v) is 5.23. The number of ether oxygens (including phenoxy) is 1. The third-order valence-corrected chi connectivity index (χ3v) is 6.04. The maximum atomic E-state index is 12.8. The van der Waals surface area contributed by atoms with Crippen molar-refractivity contribution in [2.75, 3.05) is 13.1 Å². The largest absolute Gasteiger partial charge is 0.365 e. The van der Waals surface area contributed by atoms with Gasteiger partial charge in [0.15, 0.2) is 0 Å². The quantitative estimate of drug-likeness (QED) is 0.838. The van der Waals surface area contributed by atoms with Gasteiger partial charge in [-0.05, 0) is 51.4 Å². The Balaban J connectivity index is 1.41. The molecule has 0 radical (unpaired) electrons. The first-order valence-corrected chi connectivity index (χ1v) is 9.62. The van der Waals surface area contributed by atoms with Crippen LogP contribution in [0.2, 0.25) is 0 Å². The van der Waals surface area contributed by atoms with Crippen molar-refractivity contribution in [2.24, 2.45) is 11.8 Å². The summed E-state index contributed by atoms with van der Waals surface area (Å²) in [6.45, 7) is 10.2. The van der Waals surface area contributed by atoms with Crippen molar-refractivity contribution in [1.82, 2.24) is 25.2 Å². The number of allylic oxidation sites excluding steroid dienone is 1. The molecular weight excluding hydrogens is 330 g/mol. The summed E-state index contributed by atoms with van der Waals surface area (Å²) in [6.07, 6.45) is 8.52. The highest BCUT2D eigenvalue weighted by atomic mass is 16.5. The Bertz CT molecular complexity index is 700. The lowest BCUT2D eigenvalue weighted by molar-refractivity contribution is -0.208. The second-order valence-corrected chi connectivity index (χ2v) is 8.74. The maximum Gasteiger partial charge on any atom is 0.317 e. The van der Waals surface area contributed by atoms with Crippen molar-refractivity contribution in [3.63, 3.8) is 0 Å².